The SMILES string of the molecule is CCOC(=O)CN1[C@@H](c2ccccc2)c2cc(Br)ccc2N[C@@H]1c1ccc(OC)cc1. The number of carbonyl (C=O) groups excluding carboxylic acids is 1. The van der Waals surface area contributed by atoms with Gasteiger partial charge in [0, 0.05) is 10.2 Å². The monoisotopic (exact) mass is 480 g/mol. The molecule has 0 fully saturated rings. The summed E-state index contributed by atoms with van der Waals surface area (Å²) in [7, 11) is 1.65. The molecule has 0 spiro atoms. The molecule has 0 radical (unpaired) electrons. The zero-order valence-corrected chi connectivity index (χ0v) is 19.1. The maximum atomic E-state index is 12.6. The molecule has 3 aromatic carbocycles. The third kappa shape index (κ3) is 4.60. The lowest BCUT2D eigenvalue weighted by molar-refractivity contribution is -0.145. The Hall–Kier alpha value is -2.83. The zero-order valence-electron chi connectivity index (χ0n) is 17.5. The number of hydrogen-bond acceptors (Lipinski definition) is 5. The lowest BCUT2D eigenvalue weighted by Gasteiger charge is -2.44. The van der Waals surface area contributed by atoms with Crippen LogP contribution in [0.3, 0.4) is 0 Å². The Morgan fingerprint density at radius 3 is 2.45 bits per heavy atom. The summed E-state index contributed by atoms with van der Waals surface area (Å²) in [5.41, 5.74) is 4.30. The van der Waals surface area contributed by atoms with Crippen LogP contribution in [0.15, 0.2) is 77.3 Å². The molecule has 0 aliphatic carbocycles. The van der Waals surface area contributed by atoms with Gasteiger partial charge in [0.2, 0.25) is 0 Å². The Morgan fingerprint density at radius 1 is 1.03 bits per heavy atom. The van der Waals surface area contributed by atoms with E-state index in [9.17, 15) is 4.79 Å². The summed E-state index contributed by atoms with van der Waals surface area (Å²) >= 11 is 3.61. The van der Waals surface area contributed by atoms with Gasteiger partial charge in [0.1, 0.15) is 11.9 Å². The van der Waals surface area contributed by atoms with E-state index in [4.69, 9.17) is 9.47 Å². The molecule has 1 N–H and O–H groups in total. The maximum Gasteiger partial charge on any atom is 0.320 e. The Kier molecular flexibility index (Phi) is 6.59. The second-order valence-corrected chi connectivity index (χ2v) is 8.26. The molecule has 0 saturated heterocycles. The summed E-state index contributed by atoms with van der Waals surface area (Å²) in [6.07, 6.45) is -0.214. The smallest absolute Gasteiger partial charge is 0.320 e. The van der Waals surface area contributed by atoms with Crippen LogP contribution in [0.4, 0.5) is 5.69 Å². The van der Waals surface area contributed by atoms with Crippen molar-refractivity contribution in [2.24, 2.45) is 0 Å². The molecule has 5 nitrogen and oxygen atoms in total. The van der Waals surface area contributed by atoms with Crippen molar-refractivity contribution in [3.63, 3.8) is 0 Å². The minimum atomic E-state index is -0.248. The van der Waals surface area contributed by atoms with Gasteiger partial charge in [-0.1, -0.05) is 58.4 Å². The summed E-state index contributed by atoms with van der Waals surface area (Å²) in [6, 6.07) is 24.3. The van der Waals surface area contributed by atoms with Gasteiger partial charge >= 0.3 is 5.97 Å². The van der Waals surface area contributed by atoms with Gasteiger partial charge in [0.25, 0.3) is 0 Å². The van der Waals surface area contributed by atoms with Crippen LogP contribution in [0, 0.1) is 0 Å². The first-order chi connectivity index (χ1) is 15.1. The van der Waals surface area contributed by atoms with Crippen LogP contribution >= 0.6 is 15.9 Å². The first kappa shape index (κ1) is 21.4. The molecular formula is C25H25BrN2O3. The molecule has 1 heterocycles. The van der Waals surface area contributed by atoms with Gasteiger partial charge in [-0.2, -0.15) is 0 Å². The average Bonchev–Trinajstić information content (AvgIpc) is 2.79. The highest BCUT2D eigenvalue weighted by Gasteiger charge is 2.37. The van der Waals surface area contributed by atoms with Crippen molar-refractivity contribution in [3.8, 4) is 5.75 Å². The fourth-order valence-corrected chi connectivity index (χ4v) is 4.43. The van der Waals surface area contributed by atoms with Crippen LogP contribution < -0.4 is 10.1 Å². The van der Waals surface area contributed by atoms with Crippen LogP contribution in [0.2, 0.25) is 0 Å². The lowest BCUT2D eigenvalue weighted by atomic mass is 9.91. The second kappa shape index (κ2) is 9.54. The highest BCUT2D eigenvalue weighted by Crippen LogP contribution is 2.44. The van der Waals surface area contributed by atoms with Crippen molar-refractivity contribution in [2.75, 3.05) is 25.6 Å². The number of nitrogens with one attached hydrogen (secondary N) is 1. The van der Waals surface area contributed by atoms with Gasteiger partial charge in [-0.05, 0) is 53.9 Å². The largest absolute Gasteiger partial charge is 0.497 e. The minimum Gasteiger partial charge on any atom is -0.497 e. The van der Waals surface area contributed by atoms with Crippen molar-refractivity contribution in [3.05, 3.63) is 94.0 Å². The van der Waals surface area contributed by atoms with Gasteiger partial charge in [-0.15, -0.1) is 0 Å². The first-order valence-electron chi connectivity index (χ1n) is 10.3. The standard InChI is InChI=1S/C25H25BrN2O3/c1-3-31-23(29)16-28-24(17-7-5-4-6-8-17)21-15-19(26)11-14-22(21)27-25(28)18-9-12-20(30-2)13-10-18/h4-15,24-25,27H,3,16H2,1-2H3/t24-,25-/m0/s1. The van der Waals surface area contributed by atoms with Crippen molar-refractivity contribution >= 4 is 27.6 Å². The number of hydrogen-bond donors (Lipinski definition) is 1. The van der Waals surface area contributed by atoms with E-state index in [0.717, 1.165) is 32.6 Å². The van der Waals surface area contributed by atoms with Gasteiger partial charge in [0.05, 0.1) is 26.3 Å². The first-order valence-corrected chi connectivity index (χ1v) is 11.1. The third-order valence-corrected chi connectivity index (χ3v) is 5.92. The highest BCUT2D eigenvalue weighted by atomic mass is 79.9. The summed E-state index contributed by atoms with van der Waals surface area (Å²) < 4.78 is 11.6. The van der Waals surface area contributed by atoms with Gasteiger partial charge in [-0.25, -0.2) is 0 Å². The molecule has 160 valence electrons. The number of halogens is 1. The molecule has 1 aliphatic heterocycles. The number of carbonyl (C=O) groups is 1. The van der Waals surface area contributed by atoms with Crippen LogP contribution in [-0.2, 0) is 9.53 Å². The van der Waals surface area contributed by atoms with E-state index in [2.05, 4.69) is 50.4 Å². The molecule has 6 heteroatoms. The van der Waals surface area contributed by atoms with Crippen LogP contribution in [0.5, 0.6) is 5.75 Å². The topological polar surface area (TPSA) is 50.8 Å². The van der Waals surface area contributed by atoms with Crippen molar-refractivity contribution in [1.82, 2.24) is 4.90 Å². The molecule has 0 saturated carbocycles. The molecule has 2 atom stereocenters. The molecule has 0 amide bonds. The maximum absolute atomic E-state index is 12.6. The number of benzene rings is 3. The molecule has 0 unspecified atom stereocenters. The number of esters is 1. The number of anilines is 1. The average molecular weight is 481 g/mol. The Morgan fingerprint density at radius 2 is 1.77 bits per heavy atom. The molecule has 0 bridgehead atoms. The Bertz CT molecular complexity index is 1040. The lowest BCUT2D eigenvalue weighted by Crippen LogP contribution is -2.44. The van der Waals surface area contributed by atoms with E-state index in [1.807, 2.05) is 55.5 Å². The summed E-state index contributed by atoms with van der Waals surface area (Å²) in [5, 5.41) is 3.63. The van der Waals surface area contributed by atoms with Crippen molar-refractivity contribution in [1.29, 1.82) is 0 Å². The van der Waals surface area contributed by atoms with Crippen molar-refractivity contribution < 1.29 is 14.3 Å². The predicted molar refractivity (Wildman–Crippen MR) is 125 cm³/mol. The van der Waals surface area contributed by atoms with E-state index in [-0.39, 0.29) is 24.7 Å². The molecule has 31 heavy (non-hydrogen) atoms. The van der Waals surface area contributed by atoms with Gasteiger partial charge < -0.3 is 14.8 Å². The second-order valence-electron chi connectivity index (χ2n) is 7.34. The Balaban J connectivity index is 1.85. The fraction of sp³-hybridized carbons (Fsp3) is 0.240. The van der Waals surface area contributed by atoms with Crippen LogP contribution in [0.25, 0.3) is 0 Å². The van der Waals surface area contributed by atoms with E-state index in [1.165, 1.54) is 0 Å². The number of fused-ring (bicyclic) bond motifs is 1. The summed E-state index contributed by atoms with van der Waals surface area (Å²) in [4.78, 5) is 14.8. The number of ether oxygens (including phenoxy) is 2. The zero-order chi connectivity index (χ0) is 21.8. The van der Waals surface area contributed by atoms with Crippen molar-refractivity contribution in [2.45, 2.75) is 19.1 Å². The fourth-order valence-electron chi connectivity index (χ4n) is 4.05. The third-order valence-electron chi connectivity index (χ3n) is 5.43. The van der Waals surface area contributed by atoms with E-state index < -0.39 is 0 Å². The van der Waals surface area contributed by atoms with E-state index in [1.54, 1.807) is 7.11 Å². The molecule has 1 aliphatic rings. The summed E-state index contributed by atoms with van der Waals surface area (Å²) in [5.74, 6) is 0.544. The van der Waals surface area contributed by atoms with Crippen LogP contribution in [0.1, 0.15) is 35.8 Å². The Labute approximate surface area is 191 Å². The number of nitrogens with zero attached hydrogens (tertiary/aromatic N) is 1. The van der Waals surface area contributed by atoms with Crippen LogP contribution in [-0.4, -0.2) is 31.1 Å². The minimum absolute atomic E-state index is 0.119. The van der Waals surface area contributed by atoms with E-state index >= 15 is 0 Å². The predicted octanol–water partition coefficient (Wildman–Crippen LogP) is 5.54. The summed E-state index contributed by atoms with van der Waals surface area (Å²) in [6.45, 7) is 2.34. The highest BCUT2D eigenvalue weighted by molar-refractivity contribution is 9.10. The van der Waals surface area contributed by atoms with E-state index in [0.29, 0.717) is 6.61 Å². The molecular weight excluding hydrogens is 456 g/mol. The number of rotatable bonds is 6. The van der Waals surface area contributed by atoms with Gasteiger partial charge in [-0.3, -0.25) is 9.69 Å². The molecule has 0 aromatic heterocycles. The normalized spacial score (nSPS) is 18.0. The van der Waals surface area contributed by atoms with Gasteiger partial charge in [0.15, 0.2) is 0 Å². The molecule has 4 rings (SSSR count). The molecule has 3 aromatic rings. The number of methoxy groups -OCH3 is 1. The quantitative estimate of drug-likeness (QED) is 0.469.